The largest absolute Gasteiger partial charge is 0.483 e. The number of hydrogen-bond acceptors (Lipinski definition) is 5. The first-order chi connectivity index (χ1) is 16.3. The van der Waals surface area contributed by atoms with E-state index in [4.69, 9.17) is 4.74 Å². The second-order valence-corrected chi connectivity index (χ2v) is 7.30. The van der Waals surface area contributed by atoms with Gasteiger partial charge in [-0.05, 0) is 61.4 Å². The molecule has 174 valence electrons. The van der Waals surface area contributed by atoms with Crippen LogP contribution in [0, 0.1) is 19.7 Å². The molecule has 34 heavy (non-hydrogen) atoms. The molecule has 0 fully saturated rings. The topological polar surface area (TPSA) is 109 Å². The van der Waals surface area contributed by atoms with Crippen molar-refractivity contribution in [1.82, 2.24) is 5.43 Å². The smallest absolute Gasteiger partial charge is 0.329 e. The standard InChI is InChI=1S/C25H23FN4O4/c1-16-6-5-7-17(2)23(16)29-22(31)15-34-21-9-4-3-8-18(21)14-27-30-25(33)24(32)28-20-12-10-19(26)11-13-20/h3-14H,15H2,1-2H3,(H,28,32)(H,29,31)(H,30,33)/b27-14-. The summed E-state index contributed by atoms with van der Waals surface area (Å²) in [6, 6.07) is 17.5. The minimum atomic E-state index is -1.01. The minimum Gasteiger partial charge on any atom is -0.483 e. The number of rotatable bonds is 7. The molecule has 0 aliphatic heterocycles. The number of anilines is 2. The maximum absolute atomic E-state index is 12.9. The highest BCUT2D eigenvalue weighted by Gasteiger charge is 2.13. The number of halogens is 1. The number of nitrogens with zero attached hydrogens (tertiary/aromatic N) is 1. The van der Waals surface area contributed by atoms with Crippen LogP contribution in [0.15, 0.2) is 71.8 Å². The second-order valence-electron chi connectivity index (χ2n) is 7.30. The lowest BCUT2D eigenvalue weighted by atomic mass is 10.1. The van der Waals surface area contributed by atoms with E-state index in [9.17, 15) is 18.8 Å². The van der Waals surface area contributed by atoms with Gasteiger partial charge in [0, 0.05) is 16.9 Å². The Balaban J connectivity index is 1.55. The normalized spacial score (nSPS) is 10.6. The lowest BCUT2D eigenvalue weighted by Gasteiger charge is -2.13. The number of nitrogens with one attached hydrogen (secondary N) is 3. The van der Waals surface area contributed by atoms with E-state index < -0.39 is 17.6 Å². The molecule has 0 unspecified atom stereocenters. The van der Waals surface area contributed by atoms with E-state index in [1.807, 2.05) is 32.0 Å². The summed E-state index contributed by atoms with van der Waals surface area (Å²) >= 11 is 0. The molecule has 3 aromatic carbocycles. The van der Waals surface area contributed by atoms with E-state index in [1.165, 1.54) is 18.3 Å². The van der Waals surface area contributed by atoms with Crippen molar-refractivity contribution in [1.29, 1.82) is 0 Å². The minimum absolute atomic E-state index is 0.231. The fraction of sp³-hybridized carbons (Fsp3) is 0.120. The third kappa shape index (κ3) is 6.73. The van der Waals surface area contributed by atoms with E-state index in [0.717, 1.165) is 28.9 Å². The Labute approximate surface area is 195 Å². The molecule has 8 nitrogen and oxygen atoms in total. The summed E-state index contributed by atoms with van der Waals surface area (Å²) in [7, 11) is 0. The summed E-state index contributed by atoms with van der Waals surface area (Å²) in [5, 5.41) is 8.94. The SMILES string of the molecule is Cc1cccc(C)c1NC(=O)COc1ccccc1/C=N\NC(=O)C(=O)Nc1ccc(F)cc1. The van der Waals surface area contributed by atoms with Gasteiger partial charge in [0.15, 0.2) is 6.61 Å². The monoisotopic (exact) mass is 462 g/mol. The highest BCUT2D eigenvalue weighted by molar-refractivity contribution is 6.39. The van der Waals surface area contributed by atoms with Crippen LogP contribution < -0.4 is 20.8 Å². The Bertz CT molecular complexity index is 1210. The van der Waals surface area contributed by atoms with Gasteiger partial charge in [-0.15, -0.1) is 0 Å². The lowest BCUT2D eigenvalue weighted by molar-refractivity contribution is -0.136. The zero-order chi connectivity index (χ0) is 24.5. The van der Waals surface area contributed by atoms with Gasteiger partial charge in [-0.1, -0.05) is 30.3 Å². The molecule has 0 aliphatic rings. The van der Waals surface area contributed by atoms with Crippen LogP contribution in [0.4, 0.5) is 15.8 Å². The molecule has 0 atom stereocenters. The predicted octanol–water partition coefficient (Wildman–Crippen LogP) is 3.55. The van der Waals surface area contributed by atoms with E-state index >= 15 is 0 Å². The van der Waals surface area contributed by atoms with Crippen molar-refractivity contribution in [3.05, 3.63) is 89.2 Å². The van der Waals surface area contributed by atoms with Crippen molar-refractivity contribution < 1.29 is 23.5 Å². The maximum atomic E-state index is 12.9. The highest BCUT2D eigenvalue weighted by Crippen LogP contribution is 2.20. The van der Waals surface area contributed by atoms with Crippen LogP contribution in [0.1, 0.15) is 16.7 Å². The number of hydrazone groups is 1. The van der Waals surface area contributed by atoms with Gasteiger partial charge in [0.1, 0.15) is 11.6 Å². The van der Waals surface area contributed by atoms with Gasteiger partial charge in [-0.3, -0.25) is 14.4 Å². The number of ether oxygens (including phenoxy) is 1. The van der Waals surface area contributed by atoms with E-state index in [2.05, 4.69) is 21.2 Å². The Morgan fingerprint density at radius 1 is 0.882 bits per heavy atom. The van der Waals surface area contributed by atoms with Crippen LogP contribution in [-0.4, -0.2) is 30.5 Å². The Morgan fingerprint density at radius 2 is 1.56 bits per heavy atom. The molecule has 0 heterocycles. The Kier molecular flexibility index (Phi) is 8.07. The van der Waals surface area contributed by atoms with Gasteiger partial charge in [-0.25, -0.2) is 9.82 Å². The quantitative estimate of drug-likeness (QED) is 0.283. The van der Waals surface area contributed by atoms with Crippen LogP contribution in [0.3, 0.4) is 0 Å². The molecule has 3 aromatic rings. The summed E-state index contributed by atoms with van der Waals surface area (Å²) in [6.45, 7) is 3.58. The van der Waals surface area contributed by atoms with Crippen LogP contribution in [0.25, 0.3) is 0 Å². The number of para-hydroxylation sites is 2. The Hall–Kier alpha value is -4.53. The van der Waals surface area contributed by atoms with Crippen LogP contribution >= 0.6 is 0 Å². The summed E-state index contributed by atoms with van der Waals surface area (Å²) in [6.07, 6.45) is 1.29. The molecule has 3 amide bonds. The number of aryl methyl sites for hydroxylation is 2. The first-order valence-electron chi connectivity index (χ1n) is 10.3. The van der Waals surface area contributed by atoms with Gasteiger partial charge in [0.05, 0.1) is 6.21 Å². The first kappa shape index (κ1) is 24.1. The van der Waals surface area contributed by atoms with Crippen molar-refractivity contribution in [2.45, 2.75) is 13.8 Å². The summed E-state index contributed by atoms with van der Waals surface area (Å²) < 4.78 is 18.5. The third-order valence-electron chi connectivity index (χ3n) is 4.70. The molecule has 0 bridgehead atoms. The van der Waals surface area contributed by atoms with Gasteiger partial charge in [-0.2, -0.15) is 5.10 Å². The fourth-order valence-corrected chi connectivity index (χ4v) is 2.98. The van der Waals surface area contributed by atoms with Crippen LogP contribution in [0.2, 0.25) is 0 Å². The summed E-state index contributed by atoms with van der Waals surface area (Å²) in [4.78, 5) is 36.2. The maximum Gasteiger partial charge on any atom is 0.329 e. The molecule has 0 saturated heterocycles. The second kappa shape index (κ2) is 11.4. The van der Waals surface area contributed by atoms with E-state index in [-0.39, 0.29) is 18.2 Å². The molecule has 0 saturated carbocycles. The number of carbonyl (C=O) groups is 3. The molecular weight excluding hydrogens is 439 g/mol. The third-order valence-corrected chi connectivity index (χ3v) is 4.70. The lowest BCUT2D eigenvalue weighted by Crippen LogP contribution is -2.32. The molecule has 3 N–H and O–H groups in total. The summed E-state index contributed by atoms with van der Waals surface area (Å²) in [5.74, 6) is -2.39. The average Bonchev–Trinajstić information content (AvgIpc) is 2.82. The number of hydrogen-bond donors (Lipinski definition) is 3. The van der Waals surface area contributed by atoms with Crippen molar-refractivity contribution >= 4 is 35.3 Å². The zero-order valence-corrected chi connectivity index (χ0v) is 18.6. The fourth-order valence-electron chi connectivity index (χ4n) is 2.98. The average molecular weight is 462 g/mol. The molecule has 3 rings (SSSR count). The number of carbonyl (C=O) groups excluding carboxylic acids is 3. The molecule has 0 aromatic heterocycles. The van der Waals surface area contributed by atoms with Crippen LogP contribution in [0.5, 0.6) is 5.75 Å². The van der Waals surface area contributed by atoms with Gasteiger partial charge in [0.2, 0.25) is 0 Å². The Morgan fingerprint density at radius 3 is 2.26 bits per heavy atom. The molecule has 0 radical (unpaired) electrons. The van der Waals surface area contributed by atoms with Gasteiger partial charge in [0.25, 0.3) is 5.91 Å². The number of benzene rings is 3. The van der Waals surface area contributed by atoms with E-state index in [1.54, 1.807) is 24.3 Å². The summed E-state index contributed by atoms with van der Waals surface area (Å²) in [5.41, 5.74) is 5.50. The molecule has 0 spiro atoms. The van der Waals surface area contributed by atoms with Crippen molar-refractivity contribution in [3.63, 3.8) is 0 Å². The van der Waals surface area contributed by atoms with Gasteiger partial charge < -0.3 is 15.4 Å². The molecular formula is C25H23FN4O4. The highest BCUT2D eigenvalue weighted by atomic mass is 19.1. The number of amides is 3. The van der Waals surface area contributed by atoms with Crippen molar-refractivity contribution in [3.8, 4) is 5.75 Å². The van der Waals surface area contributed by atoms with Crippen molar-refractivity contribution in [2.24, 2.45) is 5.10 Å². The molecule has 9 heteroatoms. The van der Waals surface area contributed by atoms with Gasteiger partial charge >= 0.3 is 11.8 Å². The zero-order valence-electron chi connectivity index (χ0n) is 18.6. The molecule has 0 aliphatic carbocycles. The van der Waals surface area contributed by atoms with Crippen LogP contribution in [-0.2, 0) is 14.4 Å². The first-order valence-corrected chi connectivity index (χ1v) is 10.3. The predicted molar refractivity (Wildman–Crippen MR) is 127 cm³/mol. The van der Waals surface area contributed by atoms with E-state index in [0.29, 0.717) is 11.3 Å². The van der Waals surface area contributed by atoms with Crippen molar-refractivity contribution in [2.75, 3.05) is 17.2 Å².